The Kier molecular flexibility index (Phi) is 19.9. The van der Waals surface area contributed by atoms with Gasteiger partial charge in [-0.15, -0.1) is 0 Å². The molecule has 0 saturated carbocycles. The van der Waals surface area contributed by atoms with Crippen molar-refractivity contribution in [3.63, 3.8) is 0 Å². The van der Waals surface area contributed by atoms with Crippen molar-refractivity contribution in [2.24, 2.45) is 35.2 Å². The summed E-state index contributed by atoms with van der Waals surface area (Å²) in [4.78, 5) is 42.0. The van der Waals surface area contributed by atoms with Crippen LogP contribution in [0.25, 0.3) is 169 Å². The first-order chi connectivity index (χ1) is 69.1. The SMILES string of the molecule is Cc1cc(-c2c(C)c(C)cc3nc4n(c23)-c2ccccc2C4)[n+](C)cn1.Cc1cc(-c2c(C)c(C)cc3nc4n(c23)C=CC4)[n+](C)cn1.[2H]C(C)(C)c1cc(-c2ccccc2)cc(C([2H])(C)C)c1-n1cc[n+](C)c1-c1c(C)c2ccccc2c2nc3n(c12)C=CC3.[2H]C([2H])([2H])c1cc2nc3n(c2c(-c2cc(C)nc[n+]2C)c1C)-c1ccccc1C3.[2H]C([2H])([2H])c1cc2nc3n(c2c(-c2cc(C)nc[n+]2C)c1C)C=CC3. The molecule has 0 fully saturated rings. The number of aromatic nitrogens is 20. The van der Waals surface area contributed by atoms with E-state index >= 15 is 0 Å². The minimum atomic E-state index is -2.21. The van der Waals surface area contributed by atoms with Crippen LogP contribution in [0, 0.1) is 89.9 Å². The highest BCUT2D eigenvalue weighted by molar-refractivity contribution is 6.13. The number of nitrogens with zero attached hydrogens (tertiary/aromatic N) is 20. The second-order valence-corrected chi connectivity index (χ2v) is 37.7. The number of imidazole rings is 6. The summed E-state index contributed by atoms with van der Waals surface area (Å²) in [6.07, 6.45) is 28.3. The molecule has 20 aromatic rings. The lowest BCUT2D eigenvalue weighted by Gasteiger charge is -2.21. The molecule has 20 nitrogen and oxygen atoms in total. The highest BCUT2D eigenvalue weighted by Gasteiger charge is 2.36. The predicted octanol–water partition coefficient (Wildman–Crippen LogP) is 22.0. The van der Waals surface area contributed by atoms with Gasteiger partial charge in [-0.1, -0.05) is 157 Å². The lowest BCUT2D eigenvalue weighted by Crippen LogP contribution is -2.32. The van der Waals surface area contributed by atoms with Crippen LogP contribution in [-0.2, 0) is 67.3 Å². The van der Waals surface area contributed by atoms with Crippen LogP contribution < -0.4 is 22.8 Å². The number of aryl methyl sites for hydroxylation is 14. The minimum absolute atomic E-state index is 0.347. The van der Waals surface area contributed by atoms with Crippen LogP contribution >= 0.6 is 0 Å². The number of benzene rings is 10. The Morgan fingerprint density at radius 3 is 1.15 bits per heavy atom. The summed E-state index contributed by atoms with van der Waals surface area (Å²) >= 11 is 0. The van der Waals surface area contributed by atoms with Gasteiger partial charge in [-0.25, -0.2) is 47.8 Å². The van der Waals surface area contributed by atoms with E-state index in [1.54, 1.807) is 24.8 Å². The first-order valence-electron chi connectivity index (χ1n) is 50.9. The Bertz CT molecular complexity index is 8880. The van der Waals surface area contributed by atoms with E-state index in [1.807, 2.05) is 161 Å². The molecule has 5 aliphatic heterocycles. The average molecular weight is 1810 g/mol. The van der Waals surface area contributed by atoms with Gasteiger partial charge in [-0.2, -0.15) is 4.57 Å². The smallest absolute Gasteiger partial charge is 0.296 e. The largest absolute Gasteiger partial charge is 0.302 e. The molecule has 10 aromatic heterocycles. The first kappa shape index (κ1) is 79.0. The number of fused-ring (bicyclic) bond motifs is 21. The summed E-state index contributed by atoms with van der Waals surface area (Å²) in [6.45, 7) is 26.1. The Balaban J connectivity index is 0.000000109. The summed E-state index contributed by atoms with van der Waals surface area (Å²) in [5, 5.41) is 2.34. The molecule has 680 valence electrons. The fraction of sp³-hybridized carbons (Fsp3) is 0.248. The van der Waals surface area contributed by atoms with Gasteiger partial charge in [0.2, 0.25) is 0 Å². The molecule has 137 heavy (non-hydrogen) atoms. The van der Waals surface area contributed by atoms with E-state index in [0.717, 1.165) is 212 Å². The molecule has 5 aliphatic rings. The van der Waals surface area contributed by atoms with Gasteiger partial charge in [0.1, 0.15) is 70.0 Å². The molecule has 0 bridgehead atoms. The molecule has 25 rings (SSSR count). The molecular weight excluding hydrogens is 1690 g/mol. The summed E-state index contributed by atoms with van der Waals surface area (Å²) in [5.74, 6) is 4.32. The monoisotopic (exact) mass is 1810 g/mol. The second kappa shape index (κ2) is 34.5. The topological polar surface area (TPSA) is 165 Å². The third-order valence-electron chi connectivity index (χ3n) is 28.1. The summed E-state index contributed by atoms with van der Waals surface area (Å²) in [7, 11) is 10.0. The third-order valence-corrected chi connectivity index (χ3v) is 28.1. The molecule has 0 saturated heterocycles. The number of para-hydroxylation sites is 2. The molecule has 0 spiro atoms. The van der Waals surface area contributed by atoms with Gasteiger partial charge in [0, 0.05) is 130 Å². The van der Waals surface area contributed by atoms with Gasteiger partial charge in [0.05, 0.1) is 130 Å². The minimum Gasteiger partial charge on any atom is -0.302 e. The second-order valence-electron chi connectivity index (χ2n) is 37.7. The molecule has 10 aromatic carbocycles. The quantitative estimate of drug-likeness (QED) is 0.128. The van der Waals surface area contributed by atoms with E-state index in [0.29, 0.717) is 11.1 Å². The van der Waals surface area contributed by atoms with Gasteiger partial charge in [-0.3, -0.25) is 9.13 Å². The van der Waals surface area contributed by atoms with Gasteiger partial charge in [0.15, 0.2) is 22.8 Å². The zero-order chi connectivity index (χ0) is 102. The van der Waals surface area contributed by atoms with Crippen molar-refractivity contribution in [2.75, 3.05) is 0 Å². The van der Waals surface area contributed by atoms with E-state index in [4.69, 9.17) is 28.2 Å². The Morgan fingerprint density at radius 2 is 0.715 bits per heavy atom. The van der Waals surface area contributed by atoms with E-state index < -0.39 is 25.5 Å². The zero-order valence-electron chi connectivity index (χ0n) is 89.5. The number of hydrogen-bond acceptors (Lipinski definition) is 9. The molecule has 15 heterocycles. The average Bonchev–Trinajstić information content (AvgIpc) is 1.61. The van der Waals surface area contributed by atoms with Crippen molar-refractivity contribution in [2.45, 2.75) is 161 Å². The standard InChI is InChI=1S/C37H37N4.2C22H21N4.2C18H19N4/c1-23(2)30-21-27(26-13-8-7-9-14-26)22-31(24(3)4)35(30)41-20-19-39(6)37(41)33-25(5)28-15-10-11-16-29(28)34-36(33)40-18-12-17-32(40)38-34;2*1-13-9-17-22(21(15(13)3)19-10-14(2)23-12-25(19)4)26-18-8-6-5-7-16(18)11-20(26)24-17;2*1-11-8-14-18(22-7-5-6-16(22)20-14)17(13(11)3)15-9-12(2)19-10-21(15)4/h7-16,18-24H,17H2,1-6H3;2*5-10,12H,11H2,1-4H3;2*5,7-10H,6H2,1-4H3/q5*+1/i23D,24D;1D3;;1D3;. The molecule has 0 radical (unpaired) electrons. The zero-order valence-corrected chi connectivity index (χ0v) is 81.5. The van der Waals surface area contributed by atoms with Gasteiger partial charge in [-0.05, 0) is 200 Å². The highest BCUT2D eigenvalue weighted by Crippen LogP contribution is 2.47. The maximum atomic E-state index is 9.36. The van der Waals surface area contributed by atoms with Crippen molar-refractivity contribution >= 4 is 84.5 Å². The summed E-state index contributed by atoms with van der Waals surface area (Å²) in [6, 6.07) is 56.2. The lowest BCUT2D eigenvalue weighted by molar-refractivity contribution is -0.663. The van der Waals surface area contributed by atoms with E-state index in [-0.39, 0.29) is 0 Å². The van der Waals surface area contributed by atoms with Crippen LogP contribution in [0.5, 0.6) is 0 Å². The Hall–Kier alpha value is -15.4. The molecule has 0 aliphatic carbocycles. The molecule has 0 unspecified atom stereocenters. The van der Waals surface area contributed by atoms with Crippen LogP contribution in [0.15, 0.2) is 220 Å². The van der Waals surface area contributed by atoms with Crippen molar-refractivity contribution in [1.82, 2.24) is 72.3 Å². The molecular formula is C117H117N20+5. The highest BCUT2D eigenvalue weighted by atomic mass is 15.2. The van der Waals surface area contributed by atoms with Gasteiger partial charge in [0.25, 0.3) is 31.1 Å². The first-order valence-corrected chi connectivity index (χ1v) is 46.9. The Morgan fingerprint density at radius 1 is 0.350 bits per heavy atom. The van der Waals surface area contributed by atoms with Crippen LogP contribution in [0.1, 0.15) is 175 Å². The van der Waals surface area contributed by atoms with Crippen molar-refractivity contribution in [1.29, 1.82) is 0 Å². The van der Waals surface area contributed by atoms with Crippen LogP contribution in [0.2, 0.25) is 0 Å². The van der Waals surface area contributed by atoms with Crippen molar-refractivity contribution in [3.05, 3.63) is 344 Å². The van der Waals surface area contributed by atoms with E-state index in [2.05, 4.69) is 267 Å². The van der Waals surface area contributed by atoms with Crippen LogP contribution in [0.4, 0.5) is 0 Å². The number of rotatable bonds is 9. The summed E-state index contributed by atoms with van der Waals surface area (Å²) < 4.78 is 90.2. The fourth-order valence-corrected chi connectivity index (χ4v) is 20.9. The molecule has 20 heteroatoms. The van der Waals surface area contributed by atoms with Crippen LogP contribution in [-0.4, -0.2) is 72.3 Å². The molecule has 0 N–H and O–H groups in total. The normalized spacial score (nSPS) is 14.0. The predicted molar refractivity (Wildman–Crippen MR) is 550 cm³/mol. The van der Waals surface area contributed by atoms with Gasteiger partial charge < -0.3 is 13.7 Å². The number of allylic oxidation sites excluding steroid dienone is 3. The van der Waals surface area contributed by atoms with E-state index in [1.165, 1.54) is 83.6 Å². The van der Waals surface area contributed by atoms with Crippen molar-refractivity contribution < 1.29 is 33.8 Å². The number of hydrogen-bond donors (Lipinski definition) is 0. The maximum absolute atomic E-state index is 9.36. The molecule has 0 amide bonds. The van der Waals surface area contributed by atoms with Crippen LogP contribution in [0.3, 0.4) is 0 Å². The lowest BCUT2D eigenvalue weighted by atomic mass is 9.88. The summed E-state index contributed by atoms with van der Waals surface area (Å²) in [5.41, 5.74) is 41.7. The van der Waals surface area contributed by atoms with E-state index in [9.17, 15) is 2.74 Å². The third kappa shape index (κ3) is 15.0. The molecule has 0 atom stereocenters. The van der Waals surface area contributed by atoms with Crippen molar-refractivity contribution in [3.8, 4) is 84.6 Å². The fourth-order valence-electron chi connectivity index (χ4n) is 20.9. The Labute approximate surface area is 811 Å². The van der Waals surface area contributed by atoms with Gasteiger partial charge >= 0.3 is 0 Å². The maximum Gasteiger partial charge on any atom is 0.296 e.